The maximum absolute atomic E-state index is 4.71. The van der Waals surface area contributed by atoms with E-state index in [1.54, 1.807) is 15.9 Å². The molecule has 8 heteroatoms. The van der Waals surface area contributed by atoms with E-state index in [1.807, 2.05) is 42.4 Å². The topological polar surface area (TPSA) is 73.8 Å². The predicted molar refractivity (Wildman–Crippen MR) is 89.9 cm³/mol. The summed E-state index contributed by atoms with van der Waals surface area (Å²) < 4.78 is 3.66. The summed E-state index contributed by atoms with van der Waals surface area (Å²) >= 11 is 1.73. The summed E-state index contributed by atoms with van der Waals surface area (Å²) in [6.45, 7) is 1.90. The minimum absolute atomic E-state index is 0.469. The summed E-state index contributed by atoms with van der Waals surface area (Å²) in [7, 11) is 1.96. The molecule has 1 saturated carbocycles. The van der Waals surface area contributed by atoms with E-state index in [0.29, 0.717) is 11.8 Å². The molecule has 1 aliphatic rings. The second kappa shape index (κ2) is 4.94. The normalized spacial score (nSPS) is 19.9. The van der Waals surface area contributed by atoms with Gasteiger partial charge in [0.05, 0.1) is 16.4 Å². The molecule has 1 aliphatic carbocycles. The van der Waals surface area contributed by atoms with E-state index in [4.69, 9.17) is 5.10 Å². The highest BCUT2D eigenvalue weighted by Crippen LogP contribution is 2.54. The fourth-order valence-electron chi connectivity index (χ4n) is 3.16. The summed E-state index contributed by atoms with van der Waals surface area (Å²) in [5.41, 5.74) is 3.75. The van der Waals surface area contributed by atoms with E-state index in [1.165, 1.54) is 5.01 Å². The van der Waals surface area contributed by atoms with Crippen molar-refractivity contribution in [2.24, 2.45) is 7.05 Å². The fraction of sp³-hybridized carbons (Fsp3) is 0.312. The standard InChI is InChI=1S/C16H15N7S/c1-9-18-19-15-4-3-12(21-23(9)15)14-8-13(20-22(14)2)10-7-11(10)16-17-5-6-24-16/h3-6,8,10-11H,7H2,1-2H3. The molecule has 0 aromatic carbocycles. The lowest BCUT2D eigenvalue weighted by Gasteiger charge is -2.01. The number of nitrogens with zero attached hydrogens (tertiary/aromatic N) is 7. The van der Waals surface area contributed by atoms with Gasteiger partial charge in [-0.25, -0.2) is 4.98 Å². The summed E-state index contributed by atoms with van der Waals surface area (Å²) in [5.74, 6) is 1.76. The molecule has 120 valence electrons. The quantitative estimate of drug-likeness (QED) is 0.574. The maximum Gasteiger partial charge on any atom is 0.177 e. The second-order valence-corrected chi connectivity index (χ2v) is 7.06. The van der Waals surface area contributed by atoms with Gasteiger partial charge in [0.1, 0.15) is 5.69 Å². The number of aromatic nitrogens is 7. The largest absolute Gasteiger partial charge is 0.266 e. The van der Waals surface area contributed by atoms with Crippen molar-refractivity contribution < 1.29 is 0 Å². The van der Waals surface area contributed by atoms with E-state index >= 15 is 0 Å². The van der Waals surface area contributed by atoms with Crippen LogP contribution in [-0.2, 0) is 7.05 Å². The van der Waals surface area contributed by atoms with Gasteiger partial charge in [-0.05, 0) is 31.5 Å². The minimum Gasteiger partial charge on any atom is -0.266 e. The van der Waals surface area contributed by atoms with Crippen LogP contribution in [-0.4, -0.2) is 34.6 Å². The Kier molecular flexibility index (Phi) is 2.84. The smallest absolute Gasteiger partial charge is 0.177 e. The molecule has 0 bridgehead atoms. The molecular formula is C16H15N7S. The van der Waals surface area contributed by atoms with Crippen LogP contribution in [0.25, 0.3) is 17.0 Å². The van der Waals surface area contributed by atoms with Crippen LogP contribution in [0.3, 0.4) is 0 Å². The monoisotopic (exact) mass is 337 g/mol. The van der Waals surface area contributed by atoms with Crippen LogP contribution in [0.1, 0.15) is 34.8 Å². The Bertz CT molecular complexity index is 1030. The van der Waals surface area contributed by atoms with Crippen molar-refractivity contribution in [2.45, 2.75) is 25.2 Å². The zero-order valence-corrected chi connectivity index (χ0v) is 14.1. The molecule has 2 unspecified atom stereocenters. The molecule has 4 aromatic rings. The first kappa shape index (κ1) is 13.8. The van der Waals surface area contributed by atoms with Crippen LogP contribution in [0.4, 0.5) is 0 Å². The Balaban J connectivity index is 1.50. The molecule has 0 amide bonds. The average molecular weight is 337 g/mol. The third kappa shape index (κ3) is 2.06. The van der Waals surface area contributed by atoms with Crippen molar-refractivity contribution in [3.8, 4) is 11.4 Å². The molecule has 1 fully saturated rings. The summed E-state index contributed by atoms with van der Waals surface area (Å²) in [4.78, 5) is 4.43. The molecule has 0 spiro atoms. The van der Waals surface area contributed by atoms with E-state index in [0.717, 1.165) is 35.0 Å². The number of aryl methyl sites for hydroxylation is 2. The summed E-state index contributed by atoms with van der Waals surface area (Å²) in [5, 5.41) is 20.7. The molecule has 0 aliphatic heterocycles. The van der Waals surface area contributed by atoms with E-state index < -0.39 is 0 Å². The van der Waals surface area contributed by atoms with Crippen molar-refractivity contribution in [3.05, 3.63) is 46.3 Å². The van der Waals surface area contributed by atoms with Gasteiger partial charge in [-0.1, -0.05) is 0 Å². The van der Waals surface area contributed by atoms with Crippen LogP contribution in [0, 0.1) is 6.92 Å². The first-order valence-corrected chi connectivity index (χ1v) is 8.71. The molecule has 4 aromatic heterocycles. The second-order valence-electron chi connectivity index (χ2n) is 6.13. The molecule has 0 radical (unpaired) electrons. The summed E-state index contributed by atoms with van der Waals surface area (Å²) in [6.07, 6.45) is 3.00. The number of thiazole rings is 1. The van der Waals surface area contributed by atoms with Gasteiger partial charge in [-0.15, -0.1) is 21.5 Å². The third-order valence-corrected chi connectivity index (χ3v) is 5.43. The van der Waals surface area contributed by atoms with Crippen LogP contribution < -0.4 is 0 Å². The van der Waals surface area contributed by atoms with Crippen LogP contribution in [0.2, 0.25) is 0 Å². The zero-order chi connectivity index (χ0) is 16.3. The van der Waals surface area contributed by atoms with Crippen LogP contribution >= 0.6 is 11.3 Å². The van der Waals surface area contributed by atoms with Crippen molar-refractivity contribution in [2.75, 3.05) is 0 Å². The Morgan fingerprint density at radius 3 is 2.92 bits per heavy atom. The molecule has 2 atom stereocenters. The maximum atomic E-state index is 4.71. The first-order chi connectivity index (χ1) is 11.7. The lowest BCUT2D eigenvalue weighted by Crippen LogP contribution is -2.00. The Morgan fingerprint density at radius 2 is 2.08 bits per heavy atom. The molecule has 7 nitrogen and oxygen atoms in total. The molecule has 0 saturated heterocycles. The van der Waals surface area contributed by atoms with Gasteiger partial charge < -0.3 is 0 Å². The van der Waals surface area contributed by atoms with Gasteiger partial charge in [0, 0.05) is 30.5 Å². The highest BCUT2D eigenvalue weighted by molar-refractivity contribution is 7.09. The number of hydrogen-bond acceptors (Lipinski definition) is 6. The summed E-state index contributed by atoms with van der Waals surface area (Å²) in [6, 6.07) is 6.05. The minimum atomic E-state index is 0.469. The SMILES string of the molecule is Cc1nnc2ccc(-c3cc(C4CC4c4nccs4)nn3C)nn12. The van der Waals surface area contributed by atoms with Crippen molar-refractivity contribution >= 4 is 17.0 Å². The number of fused-ring (bicyclic) bond motifs is 1. The fourth-order valence-corrected chi connectivity index (χ4v) is 3.97. The van der Waals surface area contributed by atoms with E-state index in [9.17, 15) is 0 Å². The average Bonchev–Trinajstić information content (AvgIpc) is 2.93. The molecule has 24 heavy (non-hydrogen) atoms. The van der Waals surface area contributed by atoms with Crippen molar-refractivity contribution in [3.63, 3.8) is 0 Å². The van der Waals surface area contributed by atoms with Crippen molar-refractivity contribution in [1.82, 2.24) is 34.6 Å². The van der Waals surface area contributed by atoms with Gasteiger partial charge >= 0.3 is 0 Å². The highest BCUT2D eigenvalue weighted by atomic mass is 32.1. The van der Waals surface area contributed by atoms with Gasteiger partial charge in [-0.3, -0.25) is 4.68 Å². The van der Waals surface area contributed by atoms with Gasteiger partial charge in [0.2, 0.25) is 0 Å². The molecular weight excluding hydrogens is 322 g/mol. The highest BCUT2D eigenvalue weighted by Gasteiger charge is 2.43. The van der Waals surface area contributed by atoms with E-state index in [2.05, 4.69) is 26.3 Å². The molecule has 0 N–H and O–H groups in total. The Labute approximate surface area is 142 Å². The number of rotatable bonds is 3. The third-order valence-electron chi connectivity index (χ3n) is 4.52. The Morgan fingerprint density at radius 1 is 1.17 bits per heavy atom. The zero-order valence-electron chi connectivity index (χ0n) is 13.3. The van der Waals surface area contributed by atoms with Crippen LogP contribution in [0.5, 0.6) is 0 Å². The van der Waals surface area contributed by atoms with Gasteiger partial charge in [0.15, 0.2) is 11.5 Å². The number of hydrogen-bond donors (Lipinski definition) is 0. The predicted octanol–water partition coefficient (Wildman–Crippen LogP) is 2.56. The molecule has 4 heterocycles. The lowest BCUT2D eigenvalue weighted by molar-refractivity contribution is 0.741. The van der Waals surface area contributed by atoms with Crippen LogP contribution in [0.15, 0.2) is 29.8 Å². The van der Waals surface area contributed by atoms with E-state index in [-0.39, 0.29) is 0 Å². The first-order valence-electron chi connectivity index (χ1n) is 7.83. The van der Waals surface area contributed by atoms with Crippen molar-refractivity contribution in [1.29, 1.82) is 0 Å². The molecule has 5 rings (SSSR count). The Hall–Kier alpha value is -2.61. The van der Waals surface area contributed by atoms with Gasteiger partial charge in [-0.2, -0.15) is 14.7 Å². The lowest BCUT2D eigenvalue weighted by atomic mass is 10.2. The van der Waals surface area contributed by atoms with Gasteiger partial charge in [0.25, 0.3) is 0 Å².